The van der Waals surface area contributed by atoms with Gasteiger partial charge in [-0.25, -0.2) is 0 Å². The number of carbonyl (C=O) groups is 1. The standard InChI is InChI=1S/C24H32F3N3O.C2H6.C2H2.CH2O/c1-17-13-20-21(3-2-4-22(20)30(17)16-24(25,26)27)28-18-5-7-19(8-6-18)29-14-23(15-29)9-11-31-12-10-23;3*1-2/h2-4,13,18-19,28H,5-12,14-16H2,1H3;1-2H3;1-2H;1H2. The molecule has 3 aliphatic rings. The van der Waals surface area contributed by atoms with E-state index < -0.39 is 12.7 Å². The number of hydrogen-bond acceptors (Lipinski definition) is 4. The maximum absolute atomic E-state index is 13.0. The number of nitrogens with one attached hydrogen (secondary N) is 1. The van der Waals surface area contributed by atoms with Gasteiger partial charge in [0.15, 0.2) is 0 Å². The smallest absolute Gasteiger partial charge is 0.382 e. The zero-order valence-electron chi connectivity index (χ0n) is 22.4. The monoisotopic (exact) mass is 521 g/mol. The van der Waals surface area contributed by atoms with Gasteiger partial charge in [-0.1, -0.05) is 19.9 Å². The van der Waals surface area contributed by atoms with Crippen molar-refractivity contribution >= 4 is 23.4 Å². The number of benzene rings is 1. The van der Waals surface area contributed by atoms with Crippen LogP contribution >= 0.6 is 0 Å². The topological polar surface area (TPSA) is 46.5 Å². The van der Waals surface area contributed by atoms with E-state index in [2.05, 4.69) is 23.1 Å². The minimum atomic E-state index is -4.22. The molecule has 0 atom stereocenters. The van der Waals surface area contributed by atoms with Crippen molar-refractivity contribution in [2.75, 3.05) is 31.6 Å². The second-order valence-electron chi connectivity index (χ2n) is 9.89. The van der Waals surface area contributed by atoms with Crippen molar-refractivity contribution < 1.29 is 22.7 Å². The van der Waals surface area contributed by atoms with Gasteiger partial charge in [0.25, 0.3) is 0 Å². The van der Waals surface area contributed by atoms with Gasteiger partial charge in [0.1, 0.15) is 13.3 Å². The number of alkyl halides is 3. The van der Waals surface area contributed by atoms with Crippen molar-refractivity contribution in [3.63, 3.8) is 0 Å². The Balaban J connectivity index is 0.000000750. The van der Waals surface area contributed by atoms with E-state index in [0.717, 1.165) is 37.1 Å². The molecule has 1 spiro atoms. The molecule has 0 radical (unpaired) electrons. The SMILES string of the molecule is C#C.C=O.CC.Cc1cc2c(NC3CCC(N4CC5(CCOCC5)C4)CC3)cccc2n1CC(F)(F)F. The molecule has 0 bridgehead atoms. The molecule has 1 aliphatic carbocycles. The summed E-state index contributed by atoms with van der Waals surface area (Å²) in [7, 11) is 0. The molecular weight excluding hydrogens is 479 g/mol. The van der Waals surface area contributed by atoms with Crippen molar-refractivity contribution in [2.45, 2.75) is 84.1 Å². The van der Waals surface area contributed by atoms with E-state index in [0.29, 0.717) is 28.7 Å². The Kier molecular flexibility index (Phi) is 11.5. The molecule has 0 amide bonds. The normalized spacial score (nSPS) is 22.8. The average Bonchev–Trinajstić information content (AvgIpc) is 3.22. The van der Waals surface area contributed by atoms with Gasteiger partial charge in [0.2, 0.25) is 0 Å². The fraction of sp³-hybridized carbons (Fsp3) is 0.621. The van der Waals surface area contributed by atoms with Crippen molar-refractivity contribution in [3.8, 4) is 12.8 Å². The van der Waals surface area contributed by atoms with Crippen LogP contribution in [-0.4, -0.2) is 60.8 Å². The molecule has 3 heterocycles. The number of rotatable bonds is 4. The number of likely N-dealkylation sites (tertiary alicyclic amines) is 1. The summed E-state index contributed by atoms with van der Waals surface area (Å²) in [4.78, 5) is 10.7. The van der Waals surface area contributed by atoms with E-state index in [4.69, 9.17) is 9.53 Å². The van der Waals surface area contributed by atoms with Gasteiger partial charge in [0.05, 0.1) is 5.52 Å². The van der Waals surface area contributed by atoms with Gasteiger partial charge in [0, 0.05) is 60.6 Å². The third-order valence-electron chi connectivity index (χ3n) is 7.69. The summed E-state index contributed by atoms with van der Waals surface area (Å²) in [5.74, 6) is 0. The number of aromatic nitrogens is 1. The molecule has 37 heavy (non-hydrogen) atoms. The Hall–Kier alpha value is -2.50. The van der Waals surface area contributed by atoms with E-state index in [-0.39, 0.29) is 0 Å². The highest BCUT2D eigenvalue weighted by Crippen LogP contribution is 2.43. The molecule has 2 aliphatic heterocycles. The largest absolute Gasteiger partial charge is 0.406 e. The fourth-order valence-electron chi connectivity index (χ4n) is 5.93. The highest BCUT2D eigenvalue weighted by Gasteiger charge is 2.46. The number of hydrogen-bond donors (Lipinski definition) is 1. The number of nitrogens with zero attached hydrogens (tertiary/aromatic N) is 2. The van der Waals surface area contributed by atoms with Crippen LogP contribution in [0.2, 0.25) is 0 Å². The number of anilines is 1. The van der Waals surface area contributed by atoms with Crippen molar-refractivity contribution in [1.29, 1.82) is 0 Å². The first-order chi connectivity index (χ1) is 17.8. The quantitative estimate of drug-likeness (QED) is 0.471. The predicted octanol–water partition coefficient (Wildman–Crippen LogP) is 6.44. The molecule has 1 N–H and O–H groups in total. The van der Waals surface area contributed by atoms with Crippen molar-refractivity contribution in [1.82, 2.24) is 9.47 Å². The minimum Gasteiger partial charge on any atom is -0.382 e. The molecule has 1 saturated carbocycles. The van der Waals surface area contributed by atoms with Gasteiger partial charge in [-0.3, -0.25) is 4.90 Å². The van der Waals surface area contributed by atoms with Crippen LogP contribution in [0.5, 0.6) is 0 Å². The predicted molar refractivity (Wildman–Crippen MR) is 145 cm³/mol. The molecule has 2 saturated heterocycles. The number of halogens is 3. The average molecular weight is 522 g/mol. The number of carbonyl (C=O) groups excluding carboxylic acids is 1. The summed E-state index contributed by atoms with van der Waals surface area (Å²) in [5, 5.41) is 4.53. The molecule has 5 nitrogen and oxygen atoms in total. The number of ether oxygens (including phenoxy) is 1. The summed E-state index contributed by atoms with van der Waals surface area (Å²) >= 11 is 0. The van der Waals surface area contributed by atoms with E-state index in [9.17, 15) is 13.2 Å². The van der Waals surface area contributed by atoms with Gasteiger partial charge in [-0.2, -0.15) is 13.2 Å². The Bertz CT molecular complexity index is 979. The maximum Gasteiger partial charge on any atom is 0.406 e. The minimum absolute atomic E-state index is 0.381. The molecule has 1 aromatic carbocycles. The summed E-state index contributed by atoms with van der Waals surface area (Å²) in [6.45, 7) is 11.1. The molecule has 2 aromatic rings. The Morgan fingerprint density at radius 3 is 2.24 bits per heavy atom. The molecule has 5 rings (SSSR count). The lowest BCUT2D eigenvalue weighted by Crippen LogP contribution is -2.62. The second-order valence-corrected chi connectivity index (χ2v) is 9.89. The van der Waals surface area contributed by atoms with Gasteiger partial charge < -0.3 is 19.4 Å². The number of terminal acetylenes is 1. The highest BCUT2D eigenvalue weighted by atomic mass is 19.4. The zero-order chi connectivity index (χ0) is 27.6. The van der Waals surface area contributed by atoms with E-state index in [1.54, 1.807) is 13.0 Å². The second kappa shape index (κ2) is 13.9. The van der Waals surface area contributed by atoms with E-state index >= 15 is 0 Å². The summed E-state index contributed by atoms with van der Waals surface area (Å²) in [6, 6.07) is 8.57. The van der Waals surface area contributed by atoms with E-state index in [1.165, 1.54) is 43.3 Å². The maximum atomic E-state index is 13.0. The molecule has 8 heteroatoms. The fourth-order valence-corrected chi connectivity index (χ4v) is 5.93. The number of aryl methyl sites for hydroxylation is 1. The van der Waals surface area contributed by atoms with Crippen LogP contribution in [0.15, 0.2) is 24.3 Å². The van der Waals surface area contributed by atoms with Crippen LogP contribution in [0.4, 0.5) is 18.9 Å². The molecular formula is C29H42F3N3O2. The lowest BCUT2D eigenvalue weighted by atomic mass is 9.71. The van der Waals surface area contributed by atoms with Crippen LogP contribution < -0.4 is 5.32 Å². The summed E-state index contributed by atoms with van der Waals surface area (Å²) in [6.07, 6.45) is 10.8. The Morgan fingerprint density at radius 2 is 1.68 bits per heavy atom. The zero-order valence-corrected chi connectivity index (χ0v) is 22.4. The van der Waals surface area contributed by atoms with Crippen LogP contribution in [-0.2, 0) is 16.1 Å². The first-order valence-electron chi connectivity index (χ1n) is 13.2. The Morgan fingerprint density at radius 1 is 1.08 bits per heavy atom. The van der Waals surface area contributed by atoms with Crippen LogP contribution in [0.1, 0.15) is 58.1 Å². The Labute approximate surface area is 219 Å². The molecule has 206 valence electrons. The van der Waals surface area contributed by atoms with Gasteiger partial charge in [-0.05, 0) is 63.6 Å². The summed E-state index contributed by atoms with van der Waals surface area (Å²) < 4.78 is 45.9. The third-order valence-corrected chi connectivity index (χ3v) is 7.69. The third kappa shape index (κ3) is 7.52. The van der Waals surface area contributed by atoms with Gasteiger partial charge in [-0.15, -0.1) is 12.8 Å². The van der Waals surface area contributed by atoms with Crippen LogP contribution in [0.3, 0.4) is 0 Å². The van der Waals surface area contributed by atoms with E-state index in [1.807, 2.05) is 38.8 Å². The van der Waals surface area contributed by atoms with Crippen molar-refractivity contribution in [3.05, 3.63) is 30.0 Å². The lowest BCUT2D eigenvalue weighted by molar-refractivity contribution is -0.140. The highest BCUT2D eigenvalue weighted by molar-refractivity contribution is 5.93. The number of fused-ring (bicyclic) bond motifs is 1. The molecule has 0 unspecified atom stereocenters. The first kappa shape index (κ1) is 30.7. The molecule has 3 fully saturated rings. The lowest BCUT2D eigenvalue weighted by Gasteiger charge is -2.56. The van der Waals surface area contributed by atoms with Crippen molar-refractivity contribution in [2.24, 2.45) is 5.41 Å². The summed E-state index contributed by atoms with van der Waals surface area (Å²) in [5.41, 5.74) is 2.76. The first-order valence-corrected chi connectivity index (χ1v) is 13.2. The molecule has 1 aromatic heterocycles. The van der Waals surface area contributed by atoms with Gasteiger partial charge >= 0.3 is 6.18 Å². The van der Waals surface area contributed by atoms with Crippen LogP contribution in [0, 0.1) is 25.2 Å². The van der Waals surface area contributed by atoms with Crippen LogP contribution in [0.25, 0.3) is 10.9 Å².